The van der Waals surface area contributed by atoms with Crippen molar-refractivity contribution in [1.82, 2.24) is 0 Å². The second-order valence-corrected chi connectivity index (χ2v) is 20.7. The Morgan fingerprint density at radius 3 is 2.08 bits per heavy atom. The van der Waals surface area contributed by atoms with Crippen molar-refractivity contribution in [3.63, 3.8) is 0 Å². The first-order valence-electron chi connectivity index (χ1n) is 23.4. The van der Waals surface area contributed by atoms with Crippen LogP contribution in [0.4, 0.5) is 0 Å². The summed E-state index contributed by atoms with van der Waals surface area (Å²) in [6, 6.07) is 0. The molecule has 0 aromatic rings. The van der Waals surface area contributed by atoms with Crippen molar-refractivity contribution in [3.8, 4) is 0 Å². The molecule has 7 aliphatic heterocycles. The number of methoxy groups -OCH3 is 3. The number of aliphatic carboxylic acids is 1. The van der Waals surface area contributed by atoms with Gasteiger partial charge in [-0.05, 0) is 58.8 Å². The van der Waals surface area contributed by atoms with Gasteiger partial charge in [-0.25, -0.2) is 4.79 Å². The van der Waals surface area contributed by atoms with Crippen molar-refractivity contribution in [3.05, 3.63) is 0 Å². The van der Waals surface area contributed by atoms with Crippen molar-refractivity contribution < 1.29 is 77.3 Å². The maximum absolute atomic E-state index is 12.0. The molecule has 0 aromatic heterocycles. The van der Waals surface area contributed by atoms with E-state index in [-0.39, 0.29) is 78.7 Å². The molecule has 0 saturated carbocycles. The molecule has 0 radical (unpaired) electrons. The monoisotopic (exact) mass is 887 g/mol. The van der Waals surface area contributed by atoms with Crippen LogP contribution in [0.1, 0.15) is 120 Å². The third kappa shape index (κ3) is 8.91. The van der Waals surface area contributed by atoms with Crippen molar-refractivity contribution in [2.24, 2.45) is 35.5 Å². The van der Waals surface area contributed by atoms with Gasteiger partial charge in [0.2, 0.25) is 11.9 Å². The van der Waals surface area contributed by atoms with Gasteiger partial charge >= 0.3 is 5.97 Å². The number of carbonyl (C=O) groups is 1. The third-order valence-electron chi connectivity index (χ3n) is 16.5. The van der Waals surface area contributed by atoms with E-state index >= 15 is 0 Å². The van der Waals surface area contributed by atoms with E-state index in [9.17, 15) is 25.2 Å². The zero-order chi connectivity index (χ0) is 45.3. The molecule has 16 heteroatoms. The van der Waals surface area contributed by atoms with Crippen LogP contribution in [0.5, 0.6) is 0 Å². The van der Waals surface area contributed by atoms with Gasteiger partial charge in [0.1, 0.15) is 6.10 Å². The molecule has 0 aromatic carbocycles. The number of carboxylic acid groups (broad SMARTS) is 1. The number of aliphatic hydroxyl groups excluding tert-OH is 1. The van der Waals surface area contributed by atoms with E-state index in [1.165, 1.54) is 7.11 Å². The highest BCUT2D eigenvalue weighted by atomic mass is 16.7. The predicted molar refractivity (Wildman–Crippen MR) is 222 cm³/mol. The van der Waals surface area contributed by atoms with Gasteiger partial charge in [-0.3, -0.25) is 0 Å². The van der Waals surface area contributed by atoms with E-state index < -0.39 is 77.8 Å². The molecule has 7 aliphatic rings. The van der Waals surface area contributed by atoms with Crippen LogP contribution in [0.15, 0.2) is 0 Å². The number of aliphatic hydroxyl groups is 3. The number of ether oxygens (including phenoxy) is 11. The lowest BCUT2D eigenvalue weighted by molar-refractivity contribution is -0.369. The molecule has 4 N–H and O–H groups in total. The first-order chi connectivity index (χ1) is 29.1. The molecule has 0 aliphatic carbocycles. The van der Waals surface area contributed by atoms with Crippen molar-refractivity contribution >= 4 is 5.97 Å². The van der Waals surface area contributed by atoms with Crippen molar-refractivity contribution in [1.29, 1.82) is 0 Å². The van der Waals surface area contributed by atoms with E-state index in [2.05, 4.69) is 27.7 Å². The summed E-state index contributed by atoms with van der Waals surface area (Å²) in [5.41, 5.74) is -0.881. The molecule has 0 bridgehead atoms. The number of hydrogen-bond donors (Lipinski definition) is 4. The number of hydrogen-bond acceptors (Lipinski definition) is 15. The first kappa shape index (κ1) is 48.8. The summed E-state index contributed by atoms with van der Waals surface area (Å²) in [5.74, 6) is -7.53. The zero-order valence-electron chi connectivity index (χ0n) is 39.1. The lowest BCUT2D eigenvalue weighted by Crippen LogP contribution is -2.65. The highest BCUT2D eigenvalue weighted by Crippen LogP contribution is 2.56. The molecule has 16 nitrogen and oxygen atoms in total. The fourth-order valence-electron chi connectivity index (χ4n) is 12.7. The molecule has 358 valence electrons. The second-order valence-electron chi connectivity index (χ2n) is 20.7. The lowest BCUT2D eigenvalue weighted by atomic mass is 9.75. The van der Waals surface area contributed by atoms with E-state index in [4.69, 9.17) is 52.1 Å². The molecule has 1 spiro atoms. The molecule has 7 saturated heterocycles. The SMILES string of the molecule is CO[C@@H]1[C@H](C)[C@H](C[C@@H]2C[C@@H](OC)[C@@H](C)[C@]3(O2)O[C@](C)([C@@H]2O[C@H]([C@H]4CC[C@H]([C@H]5O[C@](C)(O)[C@H](C)C[C@@H]5C)O4)C[C@H]2OC2CC[C@H](OC)[C@@H](C)O2)C[C@H]3C)O[C@@](O)([C@@H](O)C(=O)O)[C@H]1C. The minimum atomic E-state index is -2.39. The average Bonchev–Trinajstić information content (AvgIpc) is 3.94. The largest absolute Gasteiger partial charge is 0.479 e. The summed E-state index contributed by atoms with van der Waals surface area (Å²) < 4.78 is 71.9. The Hall–Kier alpha value is -1.09. The van der Waals surface area contributed by atoms with Gasteiger partial charge in [-0.15, -0.1) is 0 Å². The summed E-state index contributed by atoms with van der Waals surface area (Å²) >= 11 is 0. The van der Waals surface area contributed by atoms with Gasteiger partial charge in [-0.2, -0.15) is 0 Å². The Bertz CT molecular complexity index is 1530. The van der Waals surface area contributed by atoms with Gasteiger partial charge in [-0.1, -0.05) is 41.5 Å². The van der Waals surface area contributed by atoms with E-state index in [1.54, 1.807) is 28.1 Å². The molecule has 7 rings (SSSR count). The Kier molecular flexibility index (Phi) is 14.6. The predicted octanol–water partition coefficient (Wildman–Crippen LogP) is 4.55. The van der Waals surface area contributed by atoms with Crippen LogP contribution in [0, 0.1) is 35.5 Å². The van der Waals surface area contributed by atoms with Crippen LogP contribution in [-0.4, -0.2) is 156 Å². The second kappa shape index (κ2) is 18.5. The van der Waals surface area contributed by atoms with E-state index in [0.29, 0.717) is 25.7 Å². The highest BCUT2D eigenvalue weighted by Gasteiger charge is 2.66. The third-order valence-corrected chi connectivity index (χ3v) is 16.5. The molecule has 7 heterocycles. The van der Waals surface area contributed by atoms with Gasteiger partial charge < -0.3 is 72.5 Å². The van der Waals surface area contributed by atoms with Crippen LogP contribution >= 0.6 is 0 Å². The first-order valence-corrected chi connectivity index (χ1v) is 23.4. The maximum atomic E-state index is 12.0. The van der Waals surface area contributed by atoms with E-state index in [1.807, 2.05) is 20.8 Å². The molecular formula is C46H78O16. The Morgan fingerprint density at radius 1 is 0.742 bits per heavy atom. The molecule has 0 amide bonds. The Labute approximate surface area is 368 Å². The summed E-state index contributed by atoms with van der Waals surface area (Å²) in [7, 11) is 4.90. The fourth-order valence-corrected chi connectivity index (χ4v) is 12.7. The molecule has 1 unspecified atom stereocenters. The Morgan fingerprint density at radius 2 is 1.44 bits per heavy atom. The van der Waals surface area contributed by atoms with Gasteiger partial charge in [0.15, 0.2) is 17.9 Å². The average molecular weight is 887 g/mol. The molecule has 7 fully saturated rings. The van der Waals surface area contributed by atoms with Crippen LogP contribution in [-0.2, 0) is 56.9 Å². The number of rotatable bonds is 12. The van der Waals surface area contributed by atoms with Crippen LogP contribution in [0.3, 0.4) is 0 Å². The maximum Gasteiger partial charge on any atom is 0.338 e. The smallest absolute Gasteiger partial charge is 0.338 e. The zero-order valence-corrected chi connectivity index (χ0v) is 39.1. The summed E-state index contributed by atoms with van der Waals surface area (Å²) in [6.07, 6.45) is -0.906. The topological polar surface area (TPSA) is 200 Å². The standard InChI is InChI=1S/C46H78O16/c1-22-17-23(2)44(9,50)61-38(22)32-14-13-31(56-32)35-20-36(57-37-16-15-30(52-10)28(7)55-37)41(58-35)43(8)21-24(3)46(62-43)26(5)34(53-11)19-29(59-46)18-33-25(4)39(54-12)27(6)45(51,60-33)40(47)42(48)49/h22-41,47,50-51H,13-21H2,1-12H3,(H,48,49)/t22-,23+,24+,25+,26+,27-,28+,29+,30-,31+,32+,33-,34+,35-,36+,37?,38-,39+,40-,41+,43-,44-,45+,46+/m0/s1. The summed E-state index contributed by atoms with van der Waals surface area (Å²) in [4.78, 5) is 12.0. The molecule has 24 atom stereocenters. The quantitative estimate of drug-likeness (QED) is 0.213. The van der Waals surface area contributed by atoms with Crippen molar-refractivity contribution in [2.75, 3.05) is 21.3 Å². The van der Waals surface area contributed by atoms with Crippen LogP contribution in [0.25, 0.3) is 0 Å². The lowest BCUT2D eigenvalue weighted by Gasteiger charge is -2.53. The highest BCUT2D eigenvalue weighted by molar-refractivity contribution is 5.73. The molecule has 62 heavy (non-hydrogen) atoms. The summed E-state index contributed by atoms with van der Waals surface area (Å²) in [6.45, 7) is 17.8. The van der Waals surface area contributed by atoms with E-state index in [0.717, 1.165) is 25.7 Å². The van der Waals surface area contributed by atoms with Crippen LogP contribution in [0.2, 0.25) is 0 Å². The number of carboxylic acids is 1. The van der Waals surface area contributed by atoms with Gasteiger partial charge in [0.05, 0.1) is 72.7 Å². The van der Waals surface area contributed by atoms with Crippen molar-refractivity contribution in [2.45, 2.75) is 229 Å². The molecular weight excluding hydrogens is 808 g/mol. The minimum Gasteiger partial charge on any atom is -0.479 e. The summed E-state index contributed by atoms with van der Waals surface area (Å²) in [5, 5.41) is 43.1. The van der Waals surface area contributed by atoms with Crippen LogP contribution < -0.4 is 0 Å². The Balaban J connectivity index is 1.12. The minimum absolute atomic E-state index is 0.0139. The normalized spacial score (nSPS) is 54.2. The fraction of sp³-hybridized carbons (Fsp3) is 0.978. The van der Waals surface area contributed by atoms with Gasteiger partial charge in [0.25, 0.3) is 0 Å². The van der Waals surface area contributed by atoms with Gasteiger partial charge in [0, 0.05) is 76.6 Å².